The molecular weight excluding hydrogens is 530 g/mol. The quantitative estimate of drug-likeness (QED) is 0.481. The Morgan fingerprint density at radius 2 is 1.92 bits per heavy atom. The van der Waals surface area contributed by atoms with E-state index < -0.39 is 38.7 Å². The maximum absolute atomic E-state index is 14.9. The van der Waals surface area contributed by atoms with Crippen molar-refractivity contribution in [3.63, 3.8) is 0 Å². The molecule has 5 rings (SSSR count). The first-order valence-electron chi connectivity index (χ1n) is 12.9. The summed E-state index contributed by atoms with van der Waals surface area (Å²) >= 11 is 0. The van der Waals surface area contributed by atoms with Crippen LogP contribution in [-0.2, 0) is 14.8 Å². The van der Waals surface area contributed by atoms with Crippen LogP contribution in [0.1, 0.15) is 62.1 Å². The molecule has 1 N–H and O–H groups in total. The van der Waals surface area contributed by atoms with E-state index in [1.54, 1.807) is 24.4 Å². The Morgan fingerprint density at radius 3 is 2.64 bits per heavy atom. The first-order valence-corrected chi connectivity index (χ1v) is 14.4. The summed E-state index contributed by atoms with van der Waals surface area (Å²) in [5, 5.41) is 0. The van der Waals surface area contributed by atoms with Gasteiger partial charge in [0.25, 0.3) is 5.91 Å². The lowest BCUT2D eigenvalue weighted by atomic mass is 10.0. The number of nitrogens with zero attached hydrogens (tertiary/aromatic N) is 3. The van der Waals surface area contributed by atoms with E-state index >= 15 is 0 Å². The first kappa shape index (κ1) is 27.3. The molecule has 1 amide bonds. The normalized spacial score (nSPS) is 20.9. The Kier molecular flexibility index (Phi) is 7.27. The van der Waals surface area contributed by atoms with E-state index in [1.807, 2.05) is 4.90 Å². The van der Waals surface area contributed by atoms with Gasteiger partial charge >= 0.3 is 0 Å². The fourth-order valence-electron chi connectivity index (χ4n) is 4.86. The van der Waals surface area contributed by atoms with E-state index in [1.165, 1.54) is 43.5 Å². The lowest BCUT2D eigenvalue weighted by molar-refractivity contribution is 0.0250. The zero-order valence-corrected chi connectivity index (χ0v) is 22.9. The largest absolute Gasteiger partial charge is 0.490 e. The summed E-state index contributed by atoms with van der Waals surface area (Å²) in [4.78, 5) is 19.0. The number of imidazole rings is 1. The van der Waals surface area contributed by atoms with Crippen LogP contribution in [0.5, 0.6) is 5.75 Å². The van der Waals surface area contributed by atoms with Gasteiger partial charge in [-0.1, -0.05) is 0 Å². The zero-order valence-electron chi connectivity index (χ0n) is 22.1. The summed E-state index contributed by atoms with van der Waals surface area (Å²) in [5.74, 6) is -0.771. The molecule has 2 saturated heterocycles. The van der Waals surface area contributed by atoms with Crippen molar-refractivity contribution in [1.29, 1.82) is 0 Å². The average molecular weight is 563 g/mol. The lowest BCUT2D eigenvalue weighted by Crippen LogP contribution is -2.42. The van der Waals surface area contributed by atoms with E-state index in [0.717, 1.165) is 0 Å². The van der Waals surface area contributed by atoms with Gasteiger partial charge in [0.2, 0.25) is 10.0 Å². The Hall–Kier alpha value is -3.25. The van der Waals surface area contributed by atoms with Gasteiger partial charge in [-0.15, -0.1) is 0 Å². The number of aromatic nitrogens is 2. The van der Waals surface area contributed by atoms with Crippen LogP contribution in [0.15, 0.2) is 42.7 Å². The van der Waals surface area contributed by atoms with Crippen molar-refractivity contribution in [2.45, 2.75) is 63.1 Å². The van der Waals surface area contributed by atoms with Gasteiger partial charge in [-0.25, -0.2) is 26.9 Å². The minimum Gasteiger partial charge on any atom is -0.490 e. The van der Waals surface area contributed by atoms with Gasteiger partial charge in [0.15, 0.2) is 0 Å². The molecule has 0 radical (unpaired) electrons. The number of ether oxygens (including phenoxy) is 2. The van der Waals surface area contributed by atoms with Gasteiger partial charge in [-0.2, -0.15) is 0 Å². The molecule has 2 aromatic heterocycles. The number of sulfonamides is 1. The van der Waals surface area contributed by atoms with E-state index in [0.29, 0.717) is 48.7 Å². The molecule has 0 spiro atoms. The standard InChI is InChI=1S/C27H32F2N4O5S/c1-27(2,3)39(35,36)31-26(34)23-14-30-25-7-5-19(16-33(23)25)32-15-18(29)13-22(32)21-12-17(28)4-6-24(21)38-20-8-10-37-11-9-20/h4-7,12,14,16,18,20,22H,8-11,13,15H2,1-3H3,(H,31,34)/t18-,22+/m0/s1. The predicted molar refractivity (Wildman–Crippen MR) is 142 cm³/mol. The second-order valence-corrected chi connectivity index (χ2v) is 13.4. The van der Waals surface area contributed by atoms with E-state index in [4.69, 9.17) is 9.47 Å². The van der Waals surface area contributed by atoms with Crippen molar-refractivity contribution >= 4 is 27.3 Å². The van der Waals surface area contributed by atoms with Crippen molar-refractivity contribution in [2.24, 2.45) is 0 Å². The fraction of sp³-hybridized carbons (Fsp3) is 0.481. The summed E-state index contributed by atoms with van der Waals surface area (Å²) < 4.78 is 68.5. The highest BCUT2D eigenvalue weighted by molar-refractivity contribution is 7.91. The van der Waals surface area contributed by atoms with Crippen LogP contribution in [0.3, 0.4) is 0 Å². The number of pyridine rings is 1. The van der Waals surface area contributed by atoms with Crippen LogP contribution in [0.25, 0.3) is 5.65 Å². The second kappa shape index (κ2) is 10.4. The van der Waals surface area contributed by atoms with Crippen LogP contribution in [0.2, 0.25) is 0 Å². The van der Waals surface area contributed by atoms with Crippen molar-refractivity contribution in [1.82, 2.24) is 14.1 Å². The van der Waals surface area contributed by atoms with Crippen LogP contribution in [0, 0.1) is 5.82 Å². The smallest absolute Gasteiger partial charge is 0.283 e. The number of fused-ring (bicyclic) bond motifs is 1. The van der Waals surface area contributed by atoms with E-state index in [9.17, 15) is 22.0 Å². The number of hydrogen-bond acceptors (Lipinski definition) is 7. The van der Waals surface area contributed by atoms with Crippen LogP contribution in [0.4, 0.5) is 14.5 Å². The highest BCUT2D eigenvalue weighted by Gasteiger charge is 2.36. The molecule has 0 saturated carbocycles. The van der Waals surface area contributed by atoms with Crippen molar-refractivity contribution in [3.8, 4) is 5.75 Å². The molecular formula is C27H32F2N4O5S. The predicted octanol–water partition coefficient (Wildman–Crippen LogP) is 4.18. The number of nitrogens with one attached hydrogen (secondary N) is 1. The van der Waals surface area contributed by atoms with Gasteiger partial charge in [0, 0.05) is 37.6 Å². The molecule has 2 aliphatic heterocycles. The number of hydrogen-bond donors (Lipinski definition) is 1. The molecule has 39 heavy (non-hydrogen) atoms. The third-order valence-corrected chi connectivity index (χ3v) is 9.20. The number of rotatable bonds is 6. The van der Waals surface area contributed by atoms with Gasteiger partial charge < -0.3 is 14.4 Å². The number of carbonyl (C=O) groups is 1. The maximum atomic E-state index is 14.9. The zero-order chi connectivity index (χ0) is 27.9. The maximum Gasteiger partial charge on any atom is 0.283 e. The molecule has 2 aliphatic rings. The highest BCUT2D eigenvalue weighted by atomic mass is 32.2. The molecule has 9 nitrogen and oxygen atoms in total. The fourth-order valence-corrected chi connectivity index (χ4v) is 5.51. The van der Waals surface area contributed by atoms with Crippen LogP contribution in [-0.4, -0.2) is 60.5 Å². The Labute approximate surface area is 226 Å². The van der Waals surface area contributed by atoms with Gasteiger partial charge in [0.1, 0.15) is 35.2 Å². The lowest BCUT2D eigenvalue weighted by Gasteiger charge is -2.30. The Bertz CT molecular complexity index is 1480. The van der Waals surface area contributed by atoms with Crippen LogP contribution >= 0.6 is 0 Å². The van der Waals surface area contributed by atoms with Crippen molar-refractivity contribution < 1.29 is 31.5 Å². The average Bonchev–Trinajstić information content (AvgIpc) is 3.48. The van der Waals surface area contributed by atoms with Gasteiger partial charge in [-0.3, -0.25) is 9.20 Å². The molecule has 1 aromatic carbocycles. The SMILES string of the molecule is CC(C)(C)S(=O)(=O)NC(=O)c1cnc2ccc(N3C[C@@H](F)C[C@@H]3c3cc(F)ccc3OC3CCOCC3)cn12. The second-order valence-electron chi connectivity index (χ2n) is 10.9. The van der Waals surface area contributed by atoms with Crippen LogP contribution < -0.4 is 14.4 Å². The summed E-state index contributed by atoms with van der Waals surface area (Å²) in [6, 6.07) is 7.19. The number of amides is 1. The minimum atomic E-state index is -3.95. The molecule has 0 bridgehead atoms. The highest BCUT2D eigenvalue weighted by Crippen LogP contribution is 2.42. The summed E-state index contributed by atoms with van der Waals surface area (Å²) in [5.41, 5.74) is 1.54. The third kappa shape index (κ3) is 5.58. The molecule has 0 aliphatic carbocycles. The van der Waals surface area contributed by atoms with Gasteiger partial charge in [-0.05, 0) is 51.1 Å². The van der Waals surface area contributed by atoms with E-state index in [-0.39, 0.29) is 24.8 Å². The molecule has 2 atom stereocenters. The molecule has 12 heteroatoms. The third-order valence-electron chi connectivity index (χ3n) is 7.13. The Balaban J connectivity index is 1.48. The monoisotopic (exact) mass is 562 g/mol. The summed E-state index contributed by atoms with van der Waals surface area (Å²) in [7, 11) is -3.95. The summed E-state index contributed by atoms with van der Waals surface area (Å²) in [6.07, 6.45) is 3.21. The first-order chi connectivity index (χ1) is 18.4. The minimum absolute atomic E-state index is 0.0153. The van der Waals surface area contributed by atoms with E-state index in [2.05, 4.69) is 9.71 Å². The summed E-state index contributed by atoms with van der Waals surface area (Å²) in [6.45, 7) is 5.69. The number of carbonyl (C=O) groups excluding carboxylic acids is 1. The molecule has 2 fully saturated rings. The number of halogens is 2. The van der Waals surface area contributed by atoms with Gasteiger partial charge in [0.05, 0.1) is 35.9 Å². The number of alkyl halides is 1. The molecule has 210 valence electrons. The molecule has 0 unspecified atom stereocenters. The Morgan fingerprint density at radius 1 is 1.18 bits per heavy atom. The molecule has 3 aromatic rings. The molecule has 4 heterocycles. The number of benzene rings is 1. The number of anilines is 1. The topological polar surface area (TPSA) is 102 Å². The van der Waals surface area contributed by atoms with Crippen molar-refractivity contribution in [3.05, 3.63) is 59.8 Å². The van der Waals surface area contributed by atoms with Crippen molar-refractivity contribution in [2.75, 3.05) is 24.7 Å².